The fourth-order valence-electron chi connectivity index (χ4n) is 1.35. The van der Waals surface area contributed by atoms with Crippen LogP contribution < -0.4 is 4.72 Å². The fraction of sp³-hybridized carbons (Fsp3) is 0. The average Bonchev–Trinajstić information content (AvgIpc) is 2.69. The van der Waals surface area contributed by atoms with Crippen molar-refractivity contribution in [2.75, 3.05) is 4.72 Å². The van der Waals surface area contributed by atoms with Crippen LogP contribution in [-0.4, -0.2) is 24.5 Å². The Labute approximate surface area is 128 Å². The molecule has 0 saturated heterocycles. The summed E-state index contributed by atoms with van der Waals surface area (Å²) < 4.78 is 26.5. The molecule has 6 nitrogen and oxygen atoms in total. The van der Waals surface area contributed by atoms with Gasteiger partial charge in [-0.1, -0.05) is 23.2 Å². The highest BCUT2D eigenvalue weighted by atomic mass is 35.5. The Kier molecular flexibility index (Phi) is 4.19. The number of nitrogens with one attached hydrogen (secondary N) is 1. The van der Waals surface area contributed by atoms with Crippen molar-refractivity contribution in [1.82, 2.24) is 4.98 Å². The second-order valence-electron chi connectivity index (χ2n) is 3.50. The van der Waals surface area contributed by atoms with Gasteiger partial charge in [0.2, 0.25) is 0 Å². The lowest BCUT2D eigenvalue weighted by Gasteiger charge is -2.08. The summed E-state index contributed by atoms with van der Waals surface area (Å²) in [6, 6.07) is 3.80. The largest absolute Gasteiger partial charge is 0.478 e. The van der Waals surface area contributed by atoms with Crippen LogP contribution in [-0.2, 0) is 10.0 Å². The Morgan fingerprint density at radius 2 is 2.10 bits per heavy atom. The predicted octanol–water partition coefficient (Wildman–Crippen LogP) is 2.95. The summed E-state index contributed by atoms with van der Waals surface area (Å²) in [5, 5.41) is 8.97. The van der Waals surface area contributed by atoms with Gasteiger partial charge >= 0.3 is 5.97 Å². The third kappa shape index (κ3) is 3.04. The molecule has 0 unspecified atom stereocenters. The molecular formula is C10H6Cl2N2O4S2. The molecule has 0 aromatic carbocycles. The number of hydrogen-bond acceptors (Lipinski definition) is 5. The summed E-state index contributed by atoms with van der Waals surface area (Å²) in [6.07, 6.45) is 1.27. The van der Waals surface area contributed by atoms with Gasteiger partial charge in [-0.3, -0.25) is 4.72 Å². The number of rotatable bonds is 4. The maximum Gasteiger partial charge on any atom is 0.339 e. The van der Waals surface area contributed by atoms with E-state index in [1.54, 1.807) is 0 Å². The second-order valence-corrected chi connectivity index (χ2v) is 7.44. The van der Waals surface area contributed by atoms with Crippen molar-refractivity contribution in [2.45, 2.75) is 4.90 Å². The zero-order chi connectivity index (χ0) is 14.9. The van der Waals surface area contributed by atoms with Crippen LogP contribution in [0.2, 0.25) is 8.67 Å². The topological polar surface area (TPSA) is 96.4 Å². The van der Waals surface area contributed by atoms with Gasteiger partial charge < -0.3 is 5.11 Å². The third-order valence-electron chi connectivity index (χ3n) is 2.18. The van der Waals surface area contributed by atoms with E-state index in [2.05, 4.69) is 9.71 Å². The molecule has 0 atom stereocenters. The smallest absolute Gasteiger partial charge is 0.339 e. The van der Waals surface area contributed by atoms with Crippen LogP contribution >= 0.6 is 34.5 Å². The maximum absolute atomic E-state index is 12.1. The molecule has 0 bridgehead atoms. The molecule has 0 aliphatic rings. The van der Waals surface area contributed by atoms with E-state index in [9.17, 15) is 13.2 Å². The molecule has 2 aromatic heterocycles. The number of thiophene rings is 1. The van der Waals surface area contributed by atoms with E-state index in [-0.39, 0.29) is 24.9 Å². The number of anilines is 1. The van der Waals surface area contributed by atoms with Crippen LogP contribution in [0.3, 0.4) is 0 Å². The SMILES string of the molecule is O=C(O)c1cccnc1NS(=O)(=O)c1cc(Cl)sc1Cl. The van der Waals surface area contributed by atoms with Crippen LogP contribution in [0.15, 0.2) is 29.3 Å². The van der Waals surface area contributed by atoms with Crippen molar-refractivity contribution in [1.29, 1.82) is 0 Å². The summed E-state index contributed by atoms with van der Waals surface area (Å²) in [5.74, 6) is -1.59. The van der Waals surface area contributed by atoms with Gasteiger partial charge in [0.1, 0.15) is 14.8 Å². The minimum atomic E-state index is -4.06. The lowest BCUT2D eigenvalue weighted by atomic mass is 10.3. The van der Waals surface area contributed by atoms with Gasteiger partial charge in [-0.15, -0.1) is 11.3 Å². The van der Waals surface area contributed by atoms with Gasteiger partial charge in [-0.2, -0.15) is 0 Å². The average molecular weight is 353 g/mol. The number of carboxylic acids is 1. The number of aromatic carboxylic acids is 1. The molecule has 2 heterocycles. The molecule has 10 heteroatoms. The van der Waals surface area contributed by atoms with Crippen LogP contribution in [0, 0.1) is 0 Å². The number of carboxylic acid groups (broad SMARTS) is 1. The Morgan fingerprint density at radius 1 is 1.40 bits per heavy atom. The molecule has 106 valence electrons. The summed E-state index contributed by atoms with van der Waals surface area (Å²) in [5.41, 5.74) is -0.270. The Bertz CT molecular complexity index is 773. The van der Waals surface area contributed by atoms with Crippen LogP contribution in [0.1, 0.15) is 10.4 Å². The first-order valence-corrected chi connectivity index (χ1v) is 8.03. The molecule has 2 N–H and O–H groups in total. The van der Waals surface area contributed by atoms with Crippen LogP contribution in [0.5, 0.6) is 0 Å². The van der Waals surface area contributed by atoms with E-state index < -0.39 is 16.0 Å². The first kappa shape index (κ1) is 15.0. The first-order valence-electron chi connectivity index (χ1n) is 4.97. The van der Waals surface area contributed by atoms with Crippen molar-refractivity contribution in [3.05, 3.63) is 38.6 Å². The number of sulfonamides is 1. The lowest BCUT2D eigenvalue weighted by Crippen LogP contribution is -2.16. The van der Waals surface area contributed by atoms with Gasteiger partial charge in [-0.05, 0) is 18.2 Å². The van der Waals surface area contributed by atoms with Gasteiger partial charge in [0.05, 0.1) is 4.34 Å². The van der Waals surface area contributed by atoms with E-state index in [1.165, 1.54) is 24.4 Å². The van der Waals surface area contributed by atoms with Crippen molar-refractivity contribution >= 4 is 56.3 Å². The number of pyridine rings is 1. The zero-order valence-corrected chi connectivity index (χ0v) is 12.6. The summed E-state index contributed by atoms with van der Waals surface area (Å²) in [7, 11) is -4.06. The monoisotopic (exact) mass is 352 g/mol. The van der Waals surface area contributed by atoms with Gasteiger partial charge in [0, 0.05) is 6.20 Å². The standard InChI is InChI=1S/C10H6Cl2N2O4S2/c11-7-4-6(8(12)19-7)20(17,18)14-9-5(10(15)16)2-1-3-13-9/h1-4H,(H,13,14)(H,15,16). The maximum atomic E-state index is 12.1. The molecule has 0 aliphatic carbocycles. The number of carbonyl (C=O) groups is 1. The fourth-order valence-corrected chi connectivity index (χ4v) is 4.53. The summed E-state index contributed by atoms with van der Waals surface area (Å²) in [4.78, 5) is 14.5. The number of halogens is 2. The van der Waals surface area contributed by atoms with E-state index in [4.69, 9.17) is 28.3 Å². The van der Waals surface area contributed by atoms with Crippen molar-refractivity contribution < 1.29 is 18.3 Å². The molecule has 0 amide bonds. The van der Waals surface area contributed by atoms with Crippen molar-refractivity contribution in [3.63, 3.8) is 0 Å². The lowest BCUT2D eigenvalue weighted by molar-refractivity contribution is 0.0697. The normalized spacial score (nSPS) is 11.3. The highest BCUT2D eigenvalue weighted by Crippen LogP contribution is 2.35. The molecule has 20 heavy (non-hydrogen) atoms. The number of hydrogen-bond donors (Lipinski definition) is 2. The van der Waals surface area contributed by atoms with Gasteiger partial charge in [0.15, 0.2) is 5.82 Å². The number of nitrogens with zero attached hydrogens (tertiary/aromatic N) is 1. The Morgan fingerprint density at radius 3 is 2.65 bits per heavy atom. The molecule has 2 rings (SSSR count). The van der Waals surface area contributed by atoms with E-state index in [0.717, 1.165) is 11.3 Å². The summed E-state index contributed by atoms with van der Waals surface area (Å²) in [6.45, 7) is 0. The molecule has 0 radical (unpaired) electrons. The highest BCUT2D eigenvalue weighted by molar-refractivity contribution is 7.93. The Hall–Kier alpha value is -1.35. The van der Waals surface area contributed by atoms with Crippen molar-refractivity contribution in [2.24, 2.45) is 0 Å². The van der Waals surface area contributed by atoms with Gasteiger partial charge in [0.25, 0.3) is 10.0 Å². The summed E-state index contributed by atoms with van der Waals surface area (Å²) >= 11 is 12.4. The minimum absolute atomic E-state index is 0.0182. The van der Waals surface area contributed by atoms with Crippen molar-refractivity contribution in [3.8, 4) is 0 Å². The predicted molar refractivity (Wildman–Crippen MR) is 76.3 cm³/mol. The van der Waals surface area contributed by atoms with Crippen LogP contribution in [0.4, 0.5) is 5.82 Å². The second kappa shape index (κ2) is 5.57. The third-order valence-corrected chi connectivity index (χ3v) is 5.28. The molecule has 0 spiro atoms. The van der Waals surface area contributed by atoms with E-state index in [0.29, 0.717) is 0 Å². The molecule has 0 fully saturated rings. The van der Waals surface area contributed by atoms with E-state index >= 15 is 0 Å². The molecule has 0 aliphatic heterocycles. The van der Waals surface area contributed by atoms with E-state index in [1.807, 2.05) is 0 Å². The zero-order valence-electron chi connectivity index (χ0n) is 9.50. The number of aromatic nitrogens is 1. The quantitative estimate of drug-likeness (QED) is 0.881. The first-order chi connectivity index (χ1) is 9.31. The molecule has 0 saturated carbocycles. The van der Waals surface area contributed by atoms with Gasteiger partial charge in [-0.25, -0.2) is 18.2 Å². The highest BCUT2D eigenvalue weighted by Gasteiger charge is 2.23. The van der Waals surface area contributed by atoms with Crippen LogP contribution in [0.25, 0.3) is 0 Å². The Balaban J connectivity index is 2.44. The molecule has 2 aromatic rings. The molecular weight excluding hydrogens is 347 g/mol. The minimum Gasteiger partial charge on any atom is -0.478 e.